The van der Waals surface area contributed by atoms with Gasteiger partial charge in [-0.05, 0) is 19.1 Å². The lowest BCUT2D eigenvalue weighted by Gasteiger charge is -2.04. The number of hydrogen-bond donors (Lipinski definition) is 1. The number of carbonyl (C=O) groups is 1. The number of nitrogens with zero attached hydrogens (tertiary/aromatic N) is 2. The van der Waals surface area contributed by atoms with Crippen LogP contribution in [-0.2, 0) is 9.53 Å². The lowest BCUT2D eigenvalue weighted by Crippen LogP contribution is -2.17. The molecule has 1 N–H and O–H groups in total. The average molecular weight is 205 g/mol. The largest absolute Gasteiger partial charge is 0.465 e. The first kappa shape index (κ1) is 11.0. The number of pyridine rings is 1. The third-order valence-electron chi connectivity index (χ3n) is 1.61. The van der Waals surface area contributed by atoms with Crippen LogP contribution in [0.3, 0.4) is 0 Å². The van der Waals surface area contributed by atoms with Crippen molar-refractivity contribution in [3.05, 3.63) is 23.9 Å². The van der Waals surface area contributed by atoms with Crippen molar-refractivity contribution in [3.63, 3.8) is 0 Å². The molecule has 5 heteroatoms. The van der Waals surface area contributed by atoms with Crippen molar-refractivity contribution in [1.82, 2.24) is 4.98 Å². The average Bonchev–Trinajstić information content (AvgIpc) is 2.27. The minimum absolute atomic E-state index is 0.0513. The quantitative estimate of drug-likeness (QED) is 0.740. The van der Waals surface area contributed by atoms with Crippen LogP contribution >= 0.6 is 0 Å². The Morgan fingerprint density at radius 3 is 3.20 bits per heavy atom. The Labute approximate surface area is 87.7 Å². The van der Waals surface area contributed by atoms with Gasteiger partial charge < -0.3 is 10.1 Å². The van der Waals surface area contributed by atoms with Crippen LogP contribution in [0, 0.1) is 11.3 Å². The third-order valence-corrected chi connectivity index (χ3v) is 1.61. The number of esters is 1. The molecule has 0 unspecified atom stereocenters. The number of anilines is 1. The Morgan fingerprint density at radius 1 is 1.73 bits per heavy atom. The molecular formula is C10H11N3O2. The highest BCUT2D eigenvalue weighted by Gasteiger charge is 2.01. The monoisotopic (exact) mass is 205 g/mol. The molecule has 0 bridgehead atoms. The van der Waals surface area contributed by atoms with Crippen LogP contribution < -0.4 is 5.32 Å². The molecule has 0 spiro atoms. The van der Waals surface area contributed by atoms with E-state index < -0.39 is 0 Å². The molecule has 0 aliphatic heterocycles. The zero-order valence-electron chi connectivity index (χ0n) is 8.36. The van der Waals surface area contributed by atoms with Crippen LogP contribution in [0.25, 0.3) is 0 Å². The number of aromatic nitrogens is 1. The second-order valence-corrected chi connectivity index (χ2v) is 2.70. The molecule has 0 radical (unpaired) electrons. The van der Waals surface area contributed by atoms with Gasteiger partial charge in [-0.3, -0.25) is 4.79 Å². The summed E-state index contributed by atoms with van der Waals surface area (Å²) in [4.78, 5) is 14.9. The van der Waals surface area contributed by atoms with Gasteiger partial charge in [-0.2, -0.15) is 5.26 Å². The Bertz CT molecular complexity index is 384. The Kier molecular flexibility index (Phi) is 4.10. The van der Waals surface area contributed by atoms with Gasteiger partial charge in [0.25, 0.3) is 0 Å². The number of ether oxygens (including phenoxy) is 1. The first-order valence-electron chi connectivity index (χ1n) is 4.52. The number of nitriles is 1. The SMILES string of the molecule is CCOC(=O)CNc1cc(C#N)ccn1. The fraction of sp³-hybridized carbons (Fsp3) is 0.300. The second kappa shape index (κ2) is 5.60. The van der Waals surface area contributed by atoms with Gasteiger partial charge in [0.2, 0.25) is 0 Å². The summed E-state index contributed by atoms with van der Waals surface area (Å²) in [5.41, 5.74) is 0.497. The number of carbonyl (C=O) groups excluding carboxylic acids is 1. The van der Waals surface area contributed by atoms with Crippen LogP contribution in [0.1, 0.15) is 12.5 Å². The zero-order valence-corrected chi connectivity index (χ0v) is 8.36. The molecule has 1 aromatic heterocycles. The molecule has 0 aliphatic carbocycles. The van der Waals surface area contributed by atoms with Gasteiger partial charge in [0.1, 0.15) is 12.4 Å². The van der Waals surface area contributed by atoms with Crippen molar-refractivity contribution in [2.45, 2.75) is 6.92 Å². The van der Waals surface area contributed by atoms with E-state index in [0.29, 0.717) is 18.0 Å². The molecule has 0 aromatic carbocycles. The van der Waals surface area contributed by atoms with Crippen molar-refractivity contribution in [1.29, 1.82) is 5.26 Å². The van der Waals surface area contributed by atoms with Gasteiger partial charge >= 0.3 is 5.97 Å². The van der Waals surface area contributed by atoms with E-state index in [1.807, 2.05) is 6.07 Å². The molecule has 0 fully saturated rings. The van der Waals surface area contributed by atoms with Crippen LogP contribution in [0.2, 0.25) is 0 Å². The first-order valence-corrected chi connectivity index (χ1v) is 4.52. The smallest absolute Gasteiger partial charge is 0.325 e. The van der Waals surface area contributed by atoms with Crippen LogP contribution in [0.15, 0.2) is 18.3 Å². The van der Waals surface area contributed by atoms with Gasteiger partial charge in [-0.1, -0.05) is 0 Å². The normalized spacial score (nSPS) is 9.07. The Balaban J connectivity index is 2.51. The van der Waals surface area contributed by atoms with E-state index in [9.17, 15) is 4.79 Å². The summed E-state index contributed by atoms with van der Waals surface area (Å²) in [6.45, 7) is 2.15. The maximum Gasteiger partial charge on any atom is 0.325 e. The van der Waals surface area contributed by atoms with E-state index in [1.54, 1.807) is 19.1 Å². The standard InChI is InChI=1S/C10H11N3O2/c1-2-15-10(14)7-13-9-5-8(6-11)3-4-12-9/h3-5H,2,7H2,1H3,(H,12,13). The Hall–Kier alpha value is -2.09. The molecule has 5 nitrogen and oxygen atoms in total. The van der Waals surface area contributed by atoms with E-state index in [2.05, 4.69) is 10.3 Å². The molecule has 0 aliphatic rings. The maximum absolute atomic E-state index is 11.0. The summed E-state index contributed by atoms with van der Waals surface area (Å²) in [5, 5.41) is 11.4. The van der Waals surface area contributed by atoms with Crippen molar-refractivity contribution in [3.8, 4) is 6.07 Å². The van der Waals surface area contributed by atoms with Crippen LogP contribution in [-0.4, -0.2) is 24.1 Å². The van der Waals surface area contributed by atoms with Crippen LogP contribution in [0.4, 0.5) is 5.82 Å². The number of hydrogen-bond acceptors (Lipinski definition) is 5. The fourth-order valence-corrected chi connectivity index (χ4v) is 0.972. The fourth-order valence-electron chi connectivity index (χ4n) is 0.972. The summed E-state index contributed by atoms with van der Waals surface area (Å²) in [5.74, 6) is 0.142. The highest BCUT2D eigenvalue weighted by molar-refractivity contribution is 5.74. The molecule has 15 heavy (non-hydrogen) atoms. The molecular weight excluding hydrogens is 194 g/mol. The zero-order chi connectivity index (χ0) is 11.1. The summed E-state index contributed by atoms with van der Waals surface area (Å²) < 4.78 is 4.73. The second-order valence-electron chi connectivity index (χ2n) is 2.70. The van der Waals surface area contributed by atoms with Crippen molar-refractivity contribution in [2.75, 3.05) is 18.5 Å². The van der Waals surface area contributed by atoms with Crippen LogP contribution in [0.5, 0.6) is 0 Å². The van der Waals surface area contributed by atoms with Crippen molar-refractivity contribution >= 4 is 11.8 Å². The molecule has 1 rings (SSSR count). The third kappa shape index (κ3) is 3.65. The highest BCUT2D eigenvalue weighted by Crippen LogP contribution is 2.04. The van der Waals surface area contributed by atoms with Crippen molar-refractivity contribution < 1.29 is 9.53 Å². The van der Waals surface area contributed by atoms with Gasteiger partial charge in [-0.15, -0.1) is 0 Å². The topological polar surface area (TPSA) is 75.0 Å². The lowest BCUT2D eigenvalue weighted by atomic mass is 10.3. The summed E-state index contributed by atoms with van der Waals surface area (Å²) >= 11 is 0. The van der Waals surface area contributed by atoms with Gasteiger partial charge in [0, 0.05) is 6.20 Å². The lowest BCUT2D eigenvalue weighted by molar-refractivity contribution is -0.140. The maximum atomic E-state index is 11.0. The van der Waals surface area contributed by atoms with E-state index >= 15 is 0 Å². The minimum atomic E-state index is -0.346. The van der Waals surface area contributed by atoms with E-state index in [-0.39, 0.29) is 12.5 Å². The molecule has 1 aromatic rings. The predicted molar refractivity (Wildman–Crippen MR) is 54.1 cm³/mol. The van der Waals surface area contributed by atoms with E-state index in [4.69, 9.17) is 10.00 Å². The number of nitrogens with one attached hydrogen (secondary N) is 1. The number of rotatable bonds is 4. The van der Waals surface area contributed by atoms with Gasteiger partial charge in [-0.25, -0.2) is 4.98 Å². The highest BCUT2D eigenvalue weighted by atomic mass is 16.5. The summed E-state index contributed by atoms with van der Waals surface area (Å²) in [6.07, 6.45) is 1.51. The molecule has 78 valence electrons. The molecule has 0 atom stereocenters. The van der Waals surface area contributed by atoms with Crippen molar-refractivity contribution in [2.24, 2.45) is 0 Å². The van der Waals surface area contributed by atoms with Gasteiger partial charge in [0.15, 0.2) is 0 Å². The van der Waals surface area contributed by atoms with Gasteiger partial charge in [0.05, 0.1) is 18.2 Å². The van der Waals surface area contributed by atoms with E-state index in [1.165, 1.54) is 6.20 Å². The minimum Gasteiger partial charge on any atom is -0.465 e. The summed E-state index contributed by atoms with van der Waals surface area (Å²) in [7, 11) is 0. The van der Waals surface area contributed by atoms with E-state index in [0.717, 1.165) is 0 Å². The summed E-state index contributed by atoms with van der Waals surface area (Å²) in [6, 6.07) is 5.15. The molecule has 1 heterocycles. The Morgan fingerprint density at radius 2 is 2.53 bits per heavy atom. The first-order chi connectivity index (χ1) is 7.26. The molecule has 0 saturated heterocycles. The predicted octanol–water partition coefficient (Wildman–Crippen LogP) is 0.928. The molecule has 0 saturated carbocycles. The molecule has 0 amide bonds.